The van der Waals surface area contributed by atoms with Gasteiger partial charge >= 0.3 is 0 Å². The molecular formula is C17H22FN3. The quantitative estimate of drug-likeness (QED) is 0.792. The molecular weight excluding hydrogens is 265 g/mol. The first-order valence-electron chi connectivity index (χ1n) is 7.30. The van der Waals surface area contributed by atoms with Crippen molar-refractivity contribution in [2.75, 3.05) is 18.5 Å². The minimum atomic E-state index is -0.205. The van der Waals surface area contributed by atoms with E-state index < -0.39 is 0 Å². The third-order valence-electron chi connectivity index (χ3n) is 3.29. The van der Waals surface area contributed by atoms with Crippen LogP contribution in [0.1, 0.15) is 24.5 Å². The SMILES string of the molecule is CCCNCc1ccnc(N(C)Cc2ccc(F)cc2)c1. The van der Waals surface area contributed by atoms with Gasteiger partial charge in [0.15, 0.2) is 0 Å². The van der Waals surface area contributed by atoms with Crippen LogP contribution in [0, 0.1) is 5.82 Å². The van der Waals surface area contributed by atoms with Gasteiger partial charge in [-0.1, -0.05) is 19.1 Å². The fraction of sp³-hybridized carbons (Fsp3) is 0.353. The highest BCUT2D eigenvalue weighted by molar-refractivity contribution is 5.41. The molecule has 0 unspecified atom stereocenters. The van der Waals surface area contributed by atoms with Gasteiger partial charge in [0.1, 0.15) is 11.6 Å². The lowest BCUT2D eigenvalue weighted by atomic mass is 10.2. The van der Waals surface area contributed by atoms with E-state index in [-0.39, 0.29) is 5.82 Å². The Hall–Kier alpha value is -1.94. The number of pyridine rings is 1. The highest BCUT2D eigenvalue weighted by atomic mass is 19.1. The molecule has 0 bridgehead atoms. The minimum absolute atomic E-state index is 0.205. The lowest BCUT2D eigenvalue weighted by molar-refractivity contribution is 0.627. The summed E-state index contributed by atoms with van der Waals surface area (Å²) in [6.45, 7) is 4.73. The molecule has 0 aliphatic rings. The van der Waals surface area contributed by atoms with E-state index in [1.54, 1.807) is 12.1 Å². The number of nitrogens with zero attached hydrogens (tertiary/aromatic N) is 2. The van der Waals surface area contributed by atoms with Crippen molar-refractivity contribution in [2.45, 2.75) is 26.4 Å². The van der Waals surface area contributed by atoms with Crippen molar-refractivity contribution in [2.24, 2.45) is 0 Å². The van der Waals surface area contributed by atoms with Crippen LogP contribution in [0.3, 0.4) is 0 Å². The third kappa shape index (κ3) is 4.83. The van der Waals surface area contributed by atoms with E-state index in [1.807, 2.05) is 19.3 Å². The topological polar surface area (TPSA) is 28.2 Å². The Morgan fingerprint density at radius 1 is 1.14 bits per heavy atom. The number of hydrogen-bond acceptors (Lipinski definition) is 3. The van der Waals surface area contributed by atoms with Crippen molar-refractivity contribution < 1.29 is 4.39 Å². The predicted octanol–water partition coefficient (Wildman–Crippen LogP) is 3.36. The number of halogens is 1. The summed E-state index contributed by atoms with van der Waals surface area (Å²) in [6, 6.07) is 10.7. The van der Waals surface area contributed by atoms with Crippen LogP contribution in [0.25, 0.3) is 0 Å². The molecule has 0 aliphatic heterocycles. The van der Waals surface area contributed by atoms with Gasteiger partial charge in [0, 0.05) is 26.3 Å². The molecule has 3 nitrogen and oxygen atoms in total. The zero-order valence-electron chi connectivity index (χ0n) is 12.6. The maximum atomic E-state index is 12.9. The number of benzene rings is 1. The van der Waals surface area contributed by atoms with E-state index in [1.165, 1.54) is 17.7 Å². The Bertz CT molecular complexity index is 554. The summed E-state index contributed by atoms with van der Waals surface area (Å²) in [5.74, 6) is 0.721. The van der Waals surface area contributed by atoms with Crippen molar-refractivity contribution >= 4 is 5.82 Å². The minimum Gasteiger partial charge on any atom is -0.355 e. The Balaban J connectivity index is 1.99. The summed E-state index contributed by atoms with van der Waals surface area (Å²) in [6.07, 6.45) is 2.96. The summed E-state index contributed by atoms with van der Waals surface area (Å²) < 4.78 is 12.9. The standard InChI is InChI=1S/C17H22FN3/c1-3-9-19-12-15-8-10-20-17(11-15)21(2)13-14-4-6-16(18)7-5-14/h4-8,10-11,19H,3,9,12-13H2,1-2H3. The first-order valence-corrected chi connectivity index (χ1v) is 7.30. The van der Waals surface area contributed by atoms with Crippen LogP contribution in [0.4, 0.5) is 10.2 Å². The molecule has 2 rings (SSSR count). The van der Waals surface area contributed by atoms with Crippen molar-refractivity contribution in [3.05, 3.63) is 59.5 Å². The van der Waals surface area contributed by atoms with E-state index >= 15 is 0 Å². The molecule has 2 aromatic rings. The lowest BCUT2D eigenvalue weighted by Crippen LogP contribution is -2.19. The van der Waals surface area contributed by atoms with Crippen LogP contribution in [0.15, 0.2) is 42.6 Å². The summed E-state index contributed by atoms with van der Waals surface area (Å²) in [5, 5.41) is 3.39. The number of anilines is 1. The second-order valence-electron chi connectivity index (χ2n) is 5.18. The maximum absolute atomic E-state index is 12.9. The van der Waals surface area contributed by atoms with Gasteiger partial charge in [-0.25, -0.2) is 9.37 Å². The first-order chi connectivity index (χ1) is 10.2. The van der Waals surface area contributed by atoms with Gasteiger partial charge < -0.3 is 10.2 Å². The van der Waals surface area contributed by atoms with Crippen molar-refractivity contribution in [1.82, 2.24) is 10.3 Å². The van der Waals surface area contributed by atoms with Crippen molar-refractivity contribution in [3.8, 4) is 0 Å². The highest BCUT2D eigenvalue weighted by Gasteiger charge is 2.05. The van der Waals surface area contributed by atoms with Crippen molar-refractivity contribution in [1.29, 1.82) is 0 Å². The molecule has 0 saturated heterocycles. The second kappa shape index (κ2) is 7.74. The molecule has 1 aromatic heterocycles. The molecule has 1 heterocycles. The van der Waals surface area contributed by atoms with Crippen LogP contribution in [0.2, 0.25) is 0 Å². The van der Waals surface area contributed by atoms with Crippen molar-refractivity contribution in [3.63, 3.8) is 0 Å². The zero-order chi connectivity index (χ0) is 15.1. The van der Waals surface area contributed by atoms with Gasteiger partial charge in [0.2, 0.25) is 0 Å². The van der Waals surface area contributed by atoms with Gasteiger partial charge in [-0.2, -0.15) is 0 Å². The molecule has 0 spiro atoms. The monoisotopic (exact) mass is 287 g/mol. The Kier molecular flexibility index (Phi) is 5.69. The van der Waals surface area contributed by atoms with Gasteiger partial charge in [-0.15, -0.1) is 0 Å². The average molecular weight is 287 g/mol. The summed E-state index contributed by atoms with van der Waals surface area (Å²) in [7, 11) is 1.99. The summed E-state index contributed by atoms with van der Waals surface area (Å²) in [5.41, 5.74) is 2.29. The fourth-order valence-electron chi connectivity index (χ4n) is 2.13. The Morgan fingerprint density at radius 3 is 2.62 bits per heavy atom. The molecule has 4 heteroatoms. The third-order valence-corrected chi connectivity index (χ3v) is 3.29. The molecule has 21 heavy (non-hydrogen) atoms. The molecule has 0 radical (unpaired) electrons. The van der Waals surface area contributed by atoms with E-state index in [0.29, 0.717) is 6.54 Å². The number of rotatable bonds is 7. The van der Waals surface area contributed by atoms with Crippen LogP contribution in [-0.2, 0) is 13.1 Å². The van der Waals surface area contributed by atoms with Gasteiger partial charge in [0.25, 0.3) is 0 Å². The number of aromatic nitrogens is 1. The molecule has 1 aromatic carbocycles. The molecule has 0 amide bonds. The largest absolute Gasteiger partial charge is 0.355 e. The zero-order valence-corrected chi connectivity index (χ0v) is 12.6. The van der Waals surface area contributed by atoms with E-state index in [9.17, 15) is 4.39 Å². The molecule has 0 aliphatic carbocycles. The Labute approximate surface area is 125 Å². The summed E-state index contributed by atoms with van der Waals surface area (Å²) >= 11 is 0. The average Bonchev–Trinajstić information content (AvgIpc) is 2.50. The van der Waals surface area contributed by atoms with Gasteiger partial charge in [0.05, 0.1) is 0 Å². The lowest BCUT2D eigenvalue weighted by Gasteiger charge is -2.19. The van der Waals surface area contributed by atoms with Crippen LogP contribution in [-0.4, -0.2) is 18.6 Å². The van der Waals surface area contributed by atoms with E-state index in [0.717, 1.165) is 30.9 Å². The van der Waals surface area contributed by atoms with Gasteiger partial charge in [-0.05, 0) is 48.4 Å². The first kappa shape index (κ1) is 15.4. The molecule has 0 saturated carbocycles. The fourth-order valence-corrected chi connectivity index (χ4v) is 2.13. The predicted molar refractivity (Wildman–Crippen MR) is 84.7 cm³/mol. The second-order valence-corrected chi connectivity index (χ2v) is 5.18. The Morgan fingerprint density at radius 2 is 1.90 bits per heavy atom. The smallest absolute Gasteiger partial charge is 0.128 e. The van der Waals surface area contributed by atoms with E-state index in [2.05, 4.69) is 28.2 Å². The van der Waals surface area contributed by atoms with Crippen LogP contribution < -0.4 is 10.2 Å². The highest BCUT2D eigenvalue weighted by Crippen LogP contribution is 2.14. The molecule has 0 atom stereocenters. The van der Waals surface area contributed by atoms with Gasteiger partial charge in [-0.3, -0.25) is 0 Å². The molecule has 0 fully saturated rings. The maximum Gasteiger partial charge on any atom is 0.128 e. The molecule has 112 valence electrons. The molecule has 1 N–H and O–H groups in total. The van der Waals surface area contributed by atoms with E-state index in [4.69, 9.17) is 0 Å². The number of hydrogen-bond donors (Lipinski definition) is 1. The number of nitrogens with one attached hydrogen (secondary N) is 1. The normalized spacial score (nSPS) is 10.6. The van der Waals surface area contributed by atoms with Crippen LogP contribution >= 0.6 is 0 Å². The summed E-state index contributed by atoms with van der Waals surface area (Å²) in [4.78, 5) is 6.47. The van der Waals surface area contributed by atoms with Crippen LogP contribution in [0.5, 0.6) is 0 Å².